The number of hydrogen-bond acceptors (Lipinski definition) is 6. The Morgan fingerprint density at radius 2 is 1.48 bits per heavy atom. The summed E-state index contributed by atoms with van der Waals surface area (Å²) >= 11 is 0. The minimum absolute atomic E-state index is 0.0430. The van der Waals surface area contributed by atoms with Gasteiger partial charge < -0.3 is 24.2 Å². The van der Waals surface area contributed by atoms with E-state index in [-0.39, 0.29) is 24.5 Å². The summed E-state index contributed by atoms with van der Waals surface area (Å²) in [5.74, 6) is -0.355. The summed E-state index contributed by atoms with van der Waals surface area (Å²) in [5.41, 5.74) is 1.16. The van der Waals surface area contributed by atoms with Gasteiger partial charge in [0.05, 0.1) is 32.4 Å². The van der Waals surface area contributed by atoms with Crippen LogP contribution >= 0.6 is 0 Å². The molecule has 0 saturated carbocycles. The van der Waals surface area contributed by atoms with Crippen molar-refractivity contribution in [2.45, 2.75) is 6.04 Å². The van der Waals surface area contributed by atoms with Gasteiger partial charge in [0.1, 0.15) is 17.3 Å². The lowest BCUT2D eigenvalue weighted by molar-refractivity contribution is -0.140. The van der Waals surface area contributed by atoms with Gasteiger partial charge in [-0.15, -0.1) is 0 Å². The first kappa shape index (κ1) is 20.4. The standard InChI is InChI=1S/C22H23NO6/c1-27-13-12-23-19(14-4-8-16(28-2)9-5-14)18(21(25)22(23)26)20(24)15-6-10-17(29-3)11-7-15/h4-11,19,24H,12-13H2,1-3H3/t19-/m1/s1. The fourth-order valence-electron chi connectivity index (χ4n) is 3.34. The van der Waals surface area contributed by atoms with E-state index in [1.54, 1.807) is 62.8 Å². The molecule has 1 aliphatic heterocycles. The van der Waals surface area contributed by atoms with E-state index >= 15 is 0 Å². The molecule has 7 heteroatoms. The Balaban J connectivity index is 2.11. The first-order chi connectivity index (χ1) is 14.0. The first-order valence-electron chi connectivity index (χ1n) is 9.07. The first-order valence-corrected chi connectivity index (χ1v) is 9.07. The fourth-order valence-corrected chi connectivity index (χ4v) is 3.34. The molecule has 7 nitrogen and oxygen atoms in total. The molecule has 2 aromatic carbocycles. The van der Waals surface area contributed by atoms with Crippen molar-refractivity contribution in [1.82, 2.24) is 4.90 Å². The predicted octanol–water partition coefficient (Wildman–Crippen LogP) is 2.77. The van der Waals surface area contributed by atoms with Gasteiger partial charge in [-0.05, 0) is 42.0 Å². The van der Waals surface area contributed by atoms with Crippen LogP contribution in [0.2, 0.25) is 0 Å². The van der Waals surface area contributed by atoms with Crippen molar-refractivity contribution < 1.29 is 28.9 Å². The second kappa shape index (κ2) is 8.79. The number of ketones is 1. The molecule has 0 aliphatic carbocycles. The maximum atomic E-state index is 12.8. The van der Waals surface area contributed by atoms with Crippen LogP contribution in [0.3, 0.4) is 0 Å². The number of amides is 1. The molecule has 152 valence electrons. The van der Waals surface area contributed by atoms with Gasteiger partial charge >= 0.3 is 0 Å². The van der Waals surface area contributed by atoms with Gasteiger partial charge in [0, 0.05) is 19.2 Å². The number of likely N-dealkylation sites (tertiary alicyclic amines) is 1. The highest BCUT2D eigenvalue weighted by Crippen LogP contribution is 2.39. The van der Waals surface area contributed by atoms with Crippen LogP contribution in [0.25, 0.3) is 5.76 Å². The Morgan fingerprint density at radius 1 is 0.931 bits per heavy atom. The Labute approximate surface area is 169 Å². The molecule has 1 fully saturated rings. The van der Waals surface area contributed by atoms with Crippen molar-refractivity contribution in [1.29, 1.82) is 0 Å². The summed E-state index contributed by atoms with van der Waals surface area (Å²) in [6.45, 7) is 0.486. The summed E-state index contributed by atoms with van der Waals surface area (Å²) in [4.78, 5) is 26.9. The summed E-state index contributed by atoms with van der Waals surface area (Å²) in [7, 11) is 4.62. The minimum atomic E-state index is -0.727. The number of aliphatic hydroxyl groups is 1. The molecule has 1 amide bonds. The third-order valence-electron chi connectivity index (χ3n) is 4.87. The molecule has 0 unspecified atom stereocenters. The molecule has 0 spiro atoms. The van der Waals surface area contributed by atoms with Gasteiger partial charge in [0.25, 0.3) is 11.7 Å². The second-order valence-electron chi connectivity index (χ2n) is 6.49. The van der Waals surface area contributed by atoms with Gasteiger partial charge in [-0.25, -0.2) is 0 Å². The van der Waals surface area contributed by atoms with Crippen molar-refractivity contribution in [2.75, 3.05) is 34.5 Å². The number of hydrogen-bond donors (Lipinski definition) is 1. The lowest BCUT2D eigenvalue weighted by atomic mass is 9.95. The van der Waals surface area contributed by atoms with Crippen molar-refractivity contribution in [3.8, 4) is 11.5 Å². The molecule has 1 N–H and O–H groups in total. The van der Waals surface area contributed by atoms with E-state index in [4.69, 9.17) is 14.2 Å². The average molecular weight is 397 g/mol. The van der Waals surface area contributed by atoms with Gasteiger partial charge in [0.2, 0.25) is 0 Å². The number of methoxy groups -OCH3 is 3. The molecule has 1 saturated heterocycles. The van der Waals surface area contributed by atoms with Crippen molar-refractivity contribution >= 4 is 17.4 Å². The quantitative estimate of drug-likeness (QED) is 0.439. The summed E-state index contributed by atoms with van der Waals surface area (Å²) in [6, 6.07) is 13.0. The summed E-state index contributed by atoms with van der Waals surface area (Å²) in [6.07, 6.45) is 0. The van der Waals surface area contributed by atoms with Crippen molar-refractivity contribution in [3.05, 3.63) is 65.2 Å². The van der Waals surface area contributed by atoms with Gasteiger partial charge in [-0.3, -0.25) is 9.59 Å². The van der Waals surface area contributed by atoms with Gasteiger partial charge in [0.15, 0.2) is 0 Å². The van der Waals surface area contributed by atoms with Crippen LogP contribution in [0.5, 0.6) is 11.5 Å². The summed E-state index contributed by atoms with van der Waals surface area (Å²) in [5, 5.41) is 10.9. The van der Waals surface area contributed by atoms with Gasteiger partial charge in [-0.1, -0.05) is 12.1 Å². The highest BCUT2D eigenvalue weighted by atomic mass is 16.5. The maximum absolute atomic E-state index is 12.8. The van der Waals surface area contributed by atoms with Crippen molar-refractivity contribution in [3.63, 3.8) is 0 Å². The van der Waals surface area contributed by atoms with Crippen LogP contribution in [0.15, 0.2) is 54.1 Å². The van der Waals surface area contributed by atoms with Crippen LogP contribution in [-0.2, 0) is 14.3 Å². The zero-order valence-electron chi connectivity index (χ0n) is 16.5. The van der Waals surface area contributed by atoms with Crippen molar-refractivity contribution in [2.24, 2.45) is 0 Å². The number of Topliss-reactive ketones (excluding diaryl/α,β-unsaturated/α-hetero) is 1. The molecule has 2 aromatic rings. The third kappa shape index (κ3) is 3.95. The zero-order valence-corrected chi connectivity index (χ0v) is 16.5. The number of aliphatic hydroxyl groups excluding tert-OH is 1. The maximum Gasteiger partial charge on any atom is 0.295 e. The average Bonchev–Trinajstić information content (AvgIpc) is 3.02. The smallest absolute Gasteiger partial charge is 0.295 e. The Morgan fingerprint density at radius 3 is 2.00 bits per heavy atom. The van der Waals surface area contributed by atoms with E-state index in [2.05, 4.69) is 0 Å². The lowest BCUT2D eigenvalue weighted by Crippen LogP contribution is -2.32. The molecule has 1 aliphatic rings. The Hall–Kier alpha value is -3.32. The van der Waals surface area contributed by atoms with Crippen LogP contribution in [0.4, 0.5) is 0 Å². The highest BCUT2D eigenvalue weighted by molar-refractivity contribution is 6.46. The lowest BCUT2D eigenvalue weighted by Gasteiger charge is -2.25. The fraction of sp³-hybridized carbons (Fsp3) is 0.273. The molecule has 3 rings (SSSR count). The van der Waals surface area contributed by atoms with E-state index in [0.29, 0.717) is 22.6 Å². The van der Waals surface area contributed by atoms with Crippen LogP contribution in [0, 0.1) is 0 Å². The van der Waals surface area contributed by atoms with E-state index in [1.165, 1.54) is 12.0 Å². The zero-order chi connectivity index (χ0) is 21.0. The number of nitrogens with zero attached hydrogens (tertiary/aromatic N) is 1. The molecule has 1 heterocycles. The van der Waals surface area contributed by atoms with Crippen LogP contribution in [0.1, 0.15) is 17.2 Å². The predicted molar refractivity (Wildman–Crippen MR) is 107 cm³/mol. The van der Waals surface area contributed by atoms with Gasteiger partial charge in [-0.2, -0.15) is 0 Å². The largest absolute Gasteiger partial charge is 0.507 e. The van der Waals surface area contributed by atoms with E-state index < -0.39 is 17.7 Å². The number of carbonyl (C=O) groups is 2. The molecule has 0 aromatic heterocycles. The monoisotopic (exact) mass is 397 g/mol. The number of carbonyl (C=O) groups excluding carboxylic acids is 2. The highest BCUT2D eigenvalue weighted by Gasteiger charge is 2.45. The van der Waals surface area contributed by atoms with E-state index in [0.717, 1.165) is 0 Å². The molecule has 29 heavy (non-hydrogen) atoms. The minimum Gasteiger partial charge on any atom is -0.507 e. The van der Waals surface area contributed by atoms with E-state index in [1.807, 2.05) is 0 Å². The number of benzene rings is 2. The number of rotatable bonds is 7. The SMILES string of the molecule is COCCN1C(=O)C(=O)C(=C(O)c2ccc(OC)cc2)[C@H]1c1ccc(OC)cc1. The molecular formula is C22H23NO6. The van der Waals surface area contributed by atoms with E-state index in [9.17, 15) is 14.7 Å². The second-order valence-corrected chi connectivity index (χ2v) is 6.49. The topological polar surface area (TPSA) is 85.3 Å². The van der Waals surface area contributed by atoms with Crippen LogP contribution in [-0.4, -0.2) is 56.2 Å². The molecular weight excluding hydrogens is 374 g/mol. The van der Waals surface area contributed by atoms with Crippen LogP contribution < -0.4 is 9.47 Å². The Bertz CT molecular complexity index is 917. The molecule has 1 atom stereocenters. The normalized spacial score (nSPS) is 18.2. The summed E-state index contributed by atoms with van der Waals surface area (Å²) < 4.78 is 15.4. The molecule has 0 bridgehead atoms. The Kier molecular flexibility index (Phi) is 6.19. The number of ether oxygens (including phenoxy) is 3. The third-order valence-corrected chi connectivity index (χ3v) is 4.87. The molecule has 0 radical (unpaired) electrons.